The molecule has 1 N–H and O–H groups in total. The van der Waals surface area contributed by atoms with E-state index in [0.29, 0.717) is 0 Å². The maximum atomic E-state index is 10.6. The quantitative estimate of drug-likeness (QED) is 0.441. The van der Waals surface area contributed by atoms with Gasteiger partial charge in [-0.15, -0.1) is 0 Å². The summed E-state index contributed by atoms with van der Waals surface area (Å²) in [5.41, 5.74) is 0. The fraction of sp³-hybridized carbons (Fsp3) is 0.750. The Morgan fingerprint density at radius 1 is 1.31 bits per heavy atom. The summed E-state index contributed by atoms with van der Waals surface area (Å²) >= 11 is 0. The van der Waals surface area contributed by atoms with Crippen LogP contribution >= 0.6 is 0 Å². The standard InChI is InChI=1S/C4H8N2O5S2/c1-12(8,9)3-2-5-13(10,11)6-4-7/h5H,2-3H2,1H3. The Labute approximate surface area is 76.0 Å². The van der Waals surface area contributed by atoms with Gasteiger partial charge in [0.1, 0.15) is 9.84 Å². The summed E-state index contributed by atoms with van der Waals surface area (Å²) in [5.74, 6) is -0.347. The van der Waals surface area contributed by atoms with Crippen LogP contribution in [0.15, 0.2) is 4.40 Å². The lowest BCUT2D eigenvalue weighted by molar-refractivity contribution is 0.562. The highest BCUT2D eigenvalue weighted by molar-refractivity contribution is 7.90. The molecule has 9 heteroatoms. The van der Waals surface area contributed by atoms with E-state index in [-0.39, 0.29) is 12.3 Å². The molecular formula is C4H8N2O5S2. The van der Waals surface area contributed by atoms with E-state index in [1.807, 2.05) is 0 Å². The van der Waals surface area contributed by atoms with Crippen LogP contribution in [0.25, 0.3) is 0 Å². The second kappa shape index (κ2) is 4.47. The minimum Gasteiger partial charge on any atom is -0.229 e. The van der Waals surface area contributed by atoms with Crippen molar-refractivity contribution in [1.29, 1.82) is 0 Å². The molecule has 0 radical (unpaired) electrons. The number of nitrogens with zero attached hydrogens (tertiary/aromatic N) is 1. The molecule has 0 amide bonds. The lowest BCUT2D eigenvalue weighted by Gasteiger charge is -1.98. The van der Waals surface area contributed by atoms with Crippen molar-refractivity contribution >= 4 is 26.1 Å². The maximum Gasteiger partial charge on any atom is 0.330 e. The molecule has 0 aliphatic carbocycles. The van der Waals surface area contributed by atoms with Crippen LogP contribution < -0.4 is 4.72 Å². The first-order valence-electron chi connectivity index (χ1n) is 3.03. The topological polar surface area (TPSA) is 110 Å². The Morgan fingerprint density at radius 3 is 2.23 bits per heavy atom. The molecule has 0 fully saturated rings. The number of nitrogens with one attached hydrogen (secondary N) is 1. The largest absolute Gasteiger partial charge is 0.330 e. The summed E-state index contributed by atoms with van der Waals surface area (Å²) in [7, 11) is -7.30. The Morgan fingerprint density at radius 2 is 1.85 bits per heavy atom. The van der Waals surface area contributed by atoms with E-state index in [1.54, 1.807) is 4.72 Å². The molecule has 7 nitrogen and oxygen atoms in total. The van der Waals surface area contributed by atoms with Gasteiger partial charge in [-0.3, -0.25) is 0 Å². The molecule has 0 atom stereocenters. The van der Waals surface area contributed by atoms with Crippen LogP contribution in [0, 0.1) is 0 Å². The van der Waals surface area contributed by atoms with Crippen LogP contribution in [-0.2, 0) is 24.8 Å². The van der Waals surface area contributed by atoms with Gasteiger partial charge in [-0.2, -0.15) is 13.1 Å². The van der Waals surface area contributed by atoms with E-state index >= 15 is 0 Å². The number of rotatable bonds is 5. The van der Waals surface area contributed by atoms with Crippen molar-refractivity contribution in [2.75, 3.05) is 18.6 Å². The van der Waals surface area contributed by atoms with Gasteiger partial charge in [-0.05, 0) is 0 Å². The molecule has 76 valence electrons. The highest BCUT2D eigenvalue weighted by Crippen LogP contribution is 1.85. The van der Waals surface area contributed by atoms with Crippen LogP contribution in [0.5, 0.6) is 0 Å². The zero-order chi connectivity index (χ0) is 10.5. The SMILES string of the molecule is CS(=O)(=O)CCNS(=O)(=O)N=C=O. The summed E-state index contributed by atoms with van der Waals surface area (Å²) < 4.78 is 46.4. The third-order valence-corrected chi connectivity index (χ3v) is 2.74. The second-order valence-corrected chi connectivity index (χ2v) is 5.86. The van der Waals surface area contributed by atoms with Crippen LogP contribution in [-0.4, -0.2) is 41.5 Å². The first kappa shape index (κ1) is 12.2. The fourth-order valence-electron chi connectivity index (χ4n) is 0.437. The van der Waals surface area contributed by atoms with E-state index in [4.69, 9.17) is 0 Å². The molecule has 0 spiro atoms. The molecule has 0 unspecified atom stereocenters. The Kier molecular flexibility index (Phi) is 4.21. The predicted octanol–water partition coefficient (Wildman–Crippen LogP) is -1.80. The maximum absolute atomic E-state index is 10.6. The van der Waals surface area contributed by atoms with E-state index in [2.05, 4.69) is 4.40 Å². The monoisotopic (exact) mass is 228 g/mol. The third-order valence-electron chi connectivity index (χ3n) is 0.915. The smallest absolute Gasteiger partial charge is 0.229 e. The molecule has 0 aromatic carbocycles. The number of sulfone groups is 1. The van der Waals surface area contributed by atoms with Gasteiger partial charge in [0.25, 0.3) is 6.08 Å². The van der Waals surface area contributed by atoms with E-state index in [1.165, 1.54) is 0 Å². The molecule has 0 aliphatic rings. The fourth-order valence-corrected chi connectivity index (χ4v) is 1.56. The van der Waals surface area contributed by atoms with Crippen LogP contribution in [0.1, 0.15) is 0 Å². The molecule has 0 saturated carbocycles. The summed E-state index contributed by atoms with van der Waals surface area (Å²) in [6.45, 7) is -0.313. The summed E-state index contributed by atoms with van der Waals surface area (Å²) in [6, 6.07) is 0. The normalized spacial score (nSPS) is 12.1. The second-order valence-electron chi connectivity index (χ2n) is 2.18. The minimum atomic E-state index is -4.07. The first-order valence-corrected chi connectivity index (χ1v) is 6.53. The van der Waals surface area contributed by atoms with E-state index in [9.17, 15) is 21.6 Å². The van der Waals surface area contributed by atoms with Gasteiger partial charge in [0.05, 0.1) is 5.75 Å². The van der Waals surface area contributed by atoms with Gasteiger partial charge in [0, 0.05) is 12.8 Å². The summed E-state index contributed by atoms with van der Waals surface area (Å²) in [4.78, 5) is 9.55. The lowest BCUT2D eigenvalue weighted by Crippen LogP contribution is -2.27. The molecule has 0 saturated heterocycles. The van der Waals surface area contributed by atoms with Gasteiger partial charge >= 0.3 is 10.2 Å². The van der Waals surface area contributed by atoms with Gasteiger partial charge < -0.3 is 0 Å². The van der Waals surface area contributed by atoms with Crippen molar-refractivity contribution in [1.82, 2.24) is 4.72 Å². The van der Waals surface area contributed by atoms with Crippen molar-refractivity contribution in [3.8, 4) is 0 Å². The Balaban J connectivity index is 4.14. The van der Waals surface area contributed by atoms with Gasteiger partial charge in [-0.1, -0.05) is 4.40 Å². The zero-order valence-electron chi connectivity index (χ0n) is 6.72. The highest BCUT2D eigenvalue weighted by Gasteiger charge is 2.08. The molecule has 0 aliphatic heterocycles. The van der Waals surface area contributed by atoms with Gasteiger partial charge in [0.15, 0.2) is 0 Å². The molecule has 0 bridgehead atoms. The van der Waals surface area contributed by atoms with Crippen molar-refractivity contribution < 1.29 is 21.6 Å². The Bertz CT molecular complexity index is 402. The third kappa shape index (κ3) is 7.60. The molecule has 0 aromatic heterocycles. The Hall–Kier alpha value is -0.760. The molecular weight excluding hydrogens is 220 g/mol. The van der Waals surface area contributed by atoms with Crippen molar-refractivity contribution in [2.45, 2.75) is 0 Å². The average molecular weight is 228 g/mol. The summed E-state index contributed by atoms with van der Waals surface area (Å²) in [5, 5.41) is 0. The van der Waals surface area contributed by atoms with Crippen molar-refractivity contribution in [2.24, 2.45) is 4.40 Å². The average Bonchev–Trinajstić information content (AvgIpc) is 1.82. The van der Waals surface area contributed by atoms with Crippen LogP contribution in [0.3, 0.4) is 0 Å². The first-order chi connectivity index (χ1) is 5.77. The van der Waals surface area contributed by atoms with E-state index in [0.717, 1.165) is 12.3 Å². The molecule has 0 aromatic rings. The number of isocyanates is 1. The van der Waals surface area contributed by atoms with E-state index < -0.39 is 20.0 Å². The molecule has 13 heavy (non-hydrogen) atoms. The molecule has 0 heterocycles. The zero-order valence-corrected chi connectivity index (χ0v) is 8.35. The van der Waals surface area contributed by atoms with Crippen LogP contribution in [0.2, 0.25) is 0 Å². The number of hydrogen-bond donors (Lipinski definition) is 1. The molecule has 0 rings (SSSR count). The van der Waals surface area contributed by atoms with Crippen molar-refractivity contribution in [3.63, 3.8) is 0 Å². The van der Waals surface area contributed by atoms with Gasteiger partial charge in [-0.25, -0.2) is 13.2 Å². The minimum absolute atomic E-state index is 0.313. The van der Waals surface area contributed by atoms with Crippen LogP contribution in [0.4, 0.5) is 0 Å². The van der Waals surface area contributed by atoms with Crippen molar-refractivity contribution in [3.05, 3.63) is 0 Å². The highest BCUT2D eigenvalue weighted by atomic mass is 32.2. The summed E-state index contributed by atoms with van der Waals surface area (Å²) in [6.07, 6.45) is 1.79. The van der Waals surface area contributed by atoms with Gasteiger partial charge in [0.2, 0.25) is 0 Å². The number of carbonyl (C=O) groups excluding carboxylic acids is 1. The lowest BCUT2D eigenvalue weighted by atomic mass is 10.8. The predicted molar refractivity (Wildman–Crippen MR) is 44.8 cm³/mol. The number of hydrogen-bond acceptors (Lipinski definition) is 5.